The smallest absolute Gasteiger partial charge is 0.0607 e. The lowest BCUT2D eigenvalue weighted by Crippen LogP contribution is -2.63. The summed E-state index contributed by atoms with van der Waals surface area (Å²) in [5, 5.41) is 0.773. The summed E-state index contributed by atoms with van der Waals surface area (Å²) in [6.07, 6.45) is 2.37. The zero-order valence-corrected chi connectivity index (χ0v) is 12.7. The van der Waals surface area contributed by atoms with E-state index in [1.54, 1.807) is 7.11 Å². The summed E-state index contributed by atoms with van der Waals surface area (Å²) in [4.78, 5) is 2.38. The van der Waals surface area contributed by atoms with Crippen molar-refractivity contribution in [1.82, 2.24) is 4.90 Å². The van der Waals surface area contributed by atoms with Gasteiger partial charge in [-0.05, 0) is 44.5 Å². The van der Waals surface area contributed by atoms with E-state index in [0.29, 0.717) is 18.7 Å². The van der Waals surface area contributed by atoms with Crippen LogP contribution < -0.4 is 5.73 Å². The average Bonchev–Trinajstić information content (AvgIpc) is 2.38. The van der Waals surface area contributed by atoms with Crippen LogP contribution in [0.2, 0.25) is 5.02 Å². The minimum absolute atomic E-state index is 0.0692. The lowest BCUT2D eigenvalue weighted by atomic mass is 9.72. The highest BCUT2D eigenvalue weighted by Gasteiger charge is 2.47. The van der Waals surface area contributed by atoms with Gasteiger partial charge < -0.3 is 10.5 Å². The zero-order chi connectivity index (χ0) is 14.0. The summed E-state index contributed by atoms with van der Waals surface area (Å²) in [6.45, 7) is 2.88. The molecule has 1 aliphatic carbocycles. The maximum absolute atomic E-state index is 6.01. The van der Waals surface area contributed by atoms with E-state index >= 15 is 0 Å². The summed E-state index contributed by atoms with van der Waals surface area (Å²) < 4.78 is 5.39. The fourth-order valence-electron chi connectivity index (χ4n) is 2.93. The number of benzene rings is 1. The molecule has 1 aliphatic rings. The molecule has 106 valence electrons. The van der Waals surface area contributed by atoms with Crippen LogP contribution in [0.5, 0.6) is 0 Å². The van der Waals surface area contributed by atoms with E-state index in [1.165, 1.54) is 5.56 Å². The van der Waals surface area contributed by atoms with Crippen LogP contribution in [0.1, 0.15) is 31.4 Å². The Morgan fingerprint density at radius 1 is 1.42 bits per heavy atom. The molecule has 3 nitrogen and oxygen atoms in total. The second-order valence-electron chi connectivity index (χ2n) is 5.53. The van der Waals surface area contributed by atoms with Gasteiger partial charge in [0.2, 0.25) is 0 Å². The van der Waals surface area contributed by atoms with Crippen LogP contribution in [0.15, 0.2) is 24.3 Å². The Bertz CT molecular complexity index is 415. The number of halogens is 1. The number of rotatable bonds is 5. The topological polar surface area (TPSA) is 38.5 Å². The third-order valence-electron chi connectivity index (χ3n) is 4.61. The van der Waals surface area contributed by atoms with Crippen LogP contribution in [-0.4, -0.2) is 37.2 Å². The SMILES string of the molecule is COC1CC(CN)(N(C)C(C)c2ccc(Cl)cc2)C1. The third-order valence-corrected chi connectivity index (χ3v) is 4.86. The van der Waals surface area contributed by atoms with Crippen LogP contribution in [-0.2, 0) is 4.74 Å². The largest absolute Gasteiger partial charge is 0.381 e. The lowest BCUT2D eigenvalue weighted by molar-refractivity contribution is -0.0904. The molecule has 0 bridgehead atoms. The summed E-state index contributed by atoms with van der Waals surface area (Å²) in [5.74, 6) is 0. The van der Waals surface area contributed by atoms with Crippen LogP contribution >= 0.6 is 11.6 Å². The summed E-state index contributed by atoms with van der Waals surface area (Å²) >= 11 is 5.94. The first-order chi connectivity index (χ1) is 9.02. The molecule has 4 heteroatoms. The first-order valence-corrected chi connectivity index (χ1v) is 7.11. The molecule has 2 rings (SSSR count). The molecular formula is C15H23ClN2O. The van der Waals surface area contributed by atoms with Crippen LogP contribution in [0.25, 0.3) is 0 Å². The van der Waals surface area contributed by atoms with Gasteiger partial charge >= 0.3 is 0 Å². The maximum Gasteiger partial charge on any atom is 0.0607 e. The number of hydrogen-bond donors (Lipinski definition) is 1. The van der Waals surface area contributed by atoms with Gasteiger partial charge in [-0.25, -0.2) is 0 Å². The van der Waals surface area contributed by atoms with Gasteiger partial charge in [-0.3, -0.25) is 4.90 Å². The third kappa shape index (κ3) is 2.79. The van der Waals surface area contributed by atoms with Crippen molar-refractivity contribution in [3.8, 4) is 0 Å². The van der Waals surface area contributed by atoms with Gasteiger partial charge in [0.1, 0.15) is 0 Å². The van der Waals surface area contributed by atoms with Crippen molar-refractivity contribution in [3.05, 3.63) is 34.9 Å². The highest BCUT2D eigenvalue weighted by Crippen LogP contribution is 2.41. The highest BCUT2D eigenvalue weighted by molar-refractivity contribution is 6.30. The van der Waals surface area contributed by atoms with E-state index in [0.717, 1.165) is 17.9 Å². The Morgan fingerprint density at radius 2 is 2.00 bits per heavy atom. The van der Waals surface area contributed by atoms with Gasteiger partial charge in [-0.1, -0.05) is 23.7 Å². The molecule has 0 saturated heterocycles. The highest BCUT2D eigenvalue weighted by atomic mass is 35.5. The quantitative estimate of drug-likeness (QED) is 0.902. The molecule has 0 radical (unpaired) electrons. The minimum atomic E-state index is 0.0692. The van der Waals surface area contributed by atoms with Crippen molar-refractivity contribution in [2.24, 2.45) is 5.73 Å². The van der Waals surface area contributed by atoms with Crippen molar-refractivity contribution in [3.63, 3.8) is 0 Å². The molecule has 0 aliphatic heterocycles. The number of nitrogens with zero attached hydrogens (tertiary/aromatic N) is 1. The molecule has 1 aromatic rings. The van der Waals surface area contributed by atoms with Gasteiger partial charge in [-0.2, -0.15) is 0 Å². The molecule has 0 aromatic heterocycles. The van der Waals surface area contributed by atoms with E-state index in [1.807, 2.05) is 12.1 Å². The average molecular weight is 283 g/mol. The van der Waals surface area contributed by atoms with Crippen molar-refractivity contribution in [2.45, 2.75) is 37.5 Å². The maximum atomic E-state index is 6.01. The molecule has 1 saturated carbocycles. The first kappa shape index (κ1) is 14.8. The molecule has 2 N–H and O–H groups in total. The van der Waals surface area contributed by atoms with Crippen LogP contribution in [0.4, 0.5) is 0 Å². The predicted octanol–water partition coefficient (Wildman–Crippen LogP) is 2.84. The Labute approximate surface area is 120 Å². The van der Waals surface area contributed by atoms with Gasteiger partial charge in [0, 0.05) is 30.3 Å². The van der Waals surface area contributed by atoms with E-state index in [-0.39, 0.29) is 5.54 Å². The van der Waals surface area contributed by atoms with Crippen LogP contribution in [0.3, 0.4) is 0 Å². The zero-order valence-electron chi connectivity index (χ0n) is 11.9. The summed E-state index contributed by atoms with van der Waals surface area (Å²) in [7, 11) is 3.92. The second kappa shape index (κ2) is 5.80. The van der Waals surface area contributed by atoms with Gasteiger partial charge in [0.25, 0.3) is 0 Å². The fraction of sp³-hybridized carbons (Fsp3) is 0.600. The molecule has 0 heterocycles. The number of hydrogen-bond acceptors (Lipinski definition) is 3. The molecule has 0 spiro atoms. The Balaban J connectivity index is 2.10. The van der Waals surface area contributed by atoms with E-state index < -0.39 is 0 Å². The van der Waals surface area contributed by atoms with E-state index in [4.69, 9.17) is 22.1 Å². The molecule has 1 fully saturated rings. The monoisotopic (exact) mass is 282 g/mol. The number of nitrogens with two attached hydrogens (primary N) is 1. The molecule has 1 unspecified atom stereocenters. The molecule has 1 atom stereocenters. The molecule has 19 heavy (non-hydrogen) atoms. The van der Waals surface area contributed by atoms with Crippen LogP contribution in [0, 0.1) is 0 Å². The second-order valence-corrected chi connectivity index (χ2v) is 5.97. The van der Waals surface area contributed by atoms with Gasteiger partial charge in [-0.15, -0.1) is 0 Å². The Hall–Kier alpha value is -0.610. The Morgan fingerprint density at radius 3 is 2.47 bits per heavy atom. The summed E-state index contributed by atoms with van der Waals surface area (Å²) in [6, 6.07) is 8.36. The summed E-state index contributed by atoms with van der Waals surface area (Å²) in [5.41, 5.74) is 7.34. The normalized spacial score (nSPS) is 28.2. The van der Waals surface area contributed by atoms with Crippen molar-refractivity contribution < 1.29 is 4.74 Å². The van der Waals surface area contributed by atoms with Crippen molar-refractivity contribution in [1.29, 1.82) is 0 Å². The lowest BCUT2D eigenvalue weighted by Gasteiger charge is -2.54. The van der Waals surface area contributed by atoms with Crippen molar-refractivity contribution >= 4 is 11.6 Å². The number of ether oxygens (including phenoxy) is 1. The number of likely N-dealkylation sites (N-methyl/N-ethyl adjacent to an activating group) is 1. The van der Waals surface area contributed by atoms with Crippen molar-refractivity contribution in [2.75, 3.05) is 20.7 Å². The predicted molar refractivity (Wildman–Crippen MR) is 79.4 cm³/mol. The number of methoxy groups -OCH3 is 1. The molecular weight excluding hydrogens is 260 g/mol. The standard InChI is InChI=1S/C15H23ClN2O/c1-11(12-4-6-13(16)7-5-12)18(2)15(10-17)8-14(9-15)19-3/h4-7,11,14H,8-10,17H2,1-3H3. The van der Waals surface area contributed by atoms with E-state index in [2.05, 4.69) is 31.0 Å². The van der Waals surface area contributed by atoms with Gasteiger partial charge in [0.05, 0.1) is 6.10 Å². The first-order valence-electron chi connectivity index (χ1n) is 6.73. The minimum Gasteiger partial charge on any atom is -0.381 e. The molecule has 0 amide bonds. The van der Waals surface area contributed by atoms with Gasteiger partial charge in [0.15, 0.2) is 0 Å². The Kier molecular flexibility index (Phi) is 4.51. The van der Waals surface area contributed by atoms with E-state index in [9.17, 15) is 0 Å². The fourth-order valence-corrected chi connectivity index (χ4v) is 3.05. The molecule has 1 aromatic carbocycles.